The smallest absolute Gasteiger partial charge is 0.343 e. The van der Waals surface area contributed by atoms with Gasteiger partial charge in [-0.2, -0.15) is 0 Å². The molecule has 0 amide bonds. The van der Waals surface area contributed by atoms with Crippen molar-refractivity contribution in [2.45, 2.75) is 40.5 Å². The summed E-state index contributed by atoms with van der Waals surface area (Å²) in [6, 6.07) is 27.7. The van der Waals surface area contributed by atoms with E-state index in [9.17, 15) is 9.59 Å². The van der Waals surface area contributed by atoms with Gasteiger partial charge in [0.25, 0.3) is 0 Å². The van der Waals surface area contributed by atoms with E-state index >= 15 is 0 Å². The molecule has 0 bridgehead atoms. The molecule has 0 aliphatic heterocycles. The highest BCUT2D eigenvalue weighted by molar-refractivity contribution is 5.91. The first-order chi connectivity index (χ1) is 25.7. The third-order valence-electron chi connectivity index (χ3n) is 7.50. The van der Waals surface area contributed by atoms with E-state index in [1.54, 1.807) is 111 Å². The van der Waals surface area contributed by atoms with Crippen molar-refractivity contribution in [3.05, 3.63) is 135 Å². The number of hydrogen-bond acceptors (Lipinski definition) is 9. The van der Waals surface area contributed by atoms with Crippen LogP contribution in [0.15, 0.2) is 123 Å². The monoisotopic (exact) mass is 728 g/mol. The average molecular weight is 729 g/mol. The zero-order chi connectivity index (χ0) is 39.4. The predicted octanol–water partition coefficient (Wildman–Crippen LogP) is 10.3. The number of carbonyl (C=O) groups excluding carboxylic acids is 2. The van der Waals surface area contributed by atoms with Crippen LogP contribution in [0.1, 0.15) is 61.3 Å². The van der Waals surface area contributed by atoms with Crippen LogP contribution in [0.2, 0.25) is 0 Å². The summed E-state index contributed by atoms with van der Waals surface area (Å²) in [5, 5.41) is 0. The Hall–Kier alpha value is -5.54. The maximum atomic E-state index is 12.2. The van der Waals surface area contributed by atoms with E-state index in [1.807, 2.05) is 0 Å². The number of benzene rings is 4. The first kappa shape index (κ1) is 45.5. The van der Waals surface area contributed by atoms with Crippen molar-refractivity contribution >= 4 is 11.9 Å². The lowest BCUT2D eigenvalue weighted by Gasteiger charge is -2.11. The van der Waals surface area contributed by atoms with Gasteiger partial charge in [-0.15, -0.1) is 26.3 Å². The molecule has 0 aliphatic carbocycles. The first-order valence-electron chi connectivity index (χ1n) is 17.5. The lowest BCUT2D eigenvalue weighted by Crippen LogP contribution is -2.09. The Labute approximate surface area is 316 Å². The number of ether oxygens (including phenoxy) is 7. The van der Waals surface area contributed by atoms with Gasteiger partial charge < -0.3 is 33.2 Å². The minimum atomic E-state index is -0.411. The van der Waals surface area contributed by atoms with E-state index in [1.165, 1.54) is 0 Å². The fourth-order valence-corrected chi connectivity index (χ4v) is 3.91. The second-order valence-electron chi connectivity index (χ2n) is 11.5. The number of carbonyl (C=O) groups is 2. The molecule has 9 nitrogen and oxygen atoms in total. The van der Waals surface area contributed by atoms with Gasteiger partial charge in [0, 0.05) is 7.11 Å². The molecule has 4 aromatic rings. The van der Waals surface area contributed by atoms with E-state index in [4.69, 9.17) is 33.2 Å². The largest absolute Gasteiger partial charge is 0.497 e. The fraction of sp³-hybridized carbons (Fsp3) is 0.318. The van der Waals surface area contributed by atoms with E-state index < -0.39 is 11.9 Å². The summed E-state index contributed by atoms with van der Waals surface area (Å²) in [7, 11) is 3.21. The summed E-state index contributed by atoms with van der Waals surface area (Å²) in [5.41, 5.74) is 0.956. The lowest BCUT2D eigenvalue weighted by atomic mass is 10.1. The second kappa shape index (κ2) is 27.2. The van der Waals surface area contributed by atoms with Crippen LogP contribution in [0.4, 0.5) is 0 Å². The van der Waals surface area contributed by atoms with E-state index in [0.29, 0.717) is 72.4 Å². The number of rotatable bonds is 17. The van der Waals surface area contributed by atoms with E-state index in [0.717, 1.165) is 24.3 Å². The molecule has 2 atom stereocenters. The second-order valence-corrected chi connectivity index (χ2v) is 11.5. The van der Waals surface area contributed by atoms with Crippen molar-refractivity contribution in [3.63, 3.8) is 0 Å². The van der Waals surface area contributed by atoms with E-state index in [2.05, 4.69) is 54.0 Å². The Morgan fingerprint density at radius 2 is 0.811 bits per heavy atom. The highest BCUT2D eigenvalue weighted by Crippen LogP contribution is 2.21. The van der Waals surface area contributed by atoms with Crippen LogP contribution in [-0.2, 0) is 4.74 Å². The summed E-state index contributed by atoms with van der Waals surface area (Å²) in [6.45, 7) is 22.9. The zero-order valence-corrected chi connectivity index (χ0v) is 32.1. The van der Waals surface area contributed by atoms with Crippen LogP contribution in [0.25, 0.3) is 0 Å². The topological polar surface area (TPSA) is 98.8 Å². The molecule has 4 aromatic carbocycles. The molecule has 0 saturated heterocycles. The summed E-state index contributed by atoms with van der Waals surface area (Å²) >= 11 is 0. The van der Waals surface area contributed by atoms with Gasteiger partial charge in [-0.1, -0.05) is 40.5 Å². The third-order valence-corrected chi connectivity index (χ3v) is 7.50. The maximum Gasteiger partial charge on any atom is 0.343 e. The Morgan fingerprint density at radius 3 is 1.15 bits per heavy atom. The molecule has 0 spiro atoms. The molecule has 0 fully saturated rings. The van der Waals surface area contributed by atoms with Crippen molar-refractivity contribution in [1.29, 1.82) is 0 Å². The zero-order valence-electron chi connectivity index (χ0n) is 32.1. The summed E-state index contributed by atoms with van der Waals surface area (Å²) in [4.78, 5) is 24.3. The Bertz CT molecular complexity index is 1550. The van der Waals surface area contributed by atoms with Crippen LogP contribution in [-0.4, -0.2) is 52.6 Å². The average Bonchev–Trinajstić information content (AvgIpc) is 3.22. The van der Waals surface area contributed by atoms with Crippen LogP contribution in [0, 0.1) is 11.8 Å². The van der Waals surface area contributed by atoms with Crippen molar-refractivity contribution in [3.8, 4) is 34.5 Å². The van der Waals surface area contributed by atoms with E-state index in [-0.39, 0.29) is 0 Å². The molecule has 0 aromatic heterocycles. The fourth-order valence-electron chi connectivity index (χ4n) is 3.91. The van der Waals surface area contributed by atoms with Gasteiger partial charge in [-0.3, -0.25) is 0 Å². The van der Waals surface area contributed by atoms with Crippen LogP contribution < -0.4 is 28.4 Å². The minimum absolute atomic E-state index is 0.399. The third kappa shape index (κ3) is 18.0. The molecule has 9 heteroatoms. The van der Waals surface area contributed by atoms with Gasteiger partial charge in [0.05, 0.1) is 38.1 Å². The molecule has 0 N–H and O–H groups in total. The van der Waals surface area contributed by atoms with Gasteiger partial charge in [0.15, 0.2) is 0 Å². The summed E-state index contributed by atoms with van der Waals surface area (Å²) < 4.78 is 37.5. The quantitative estimate of drug-likeness (QED) is 0.0455. The first-order valence-corrected chi connectivity index (χ1v) is 17.5. The van der Waals surface area contributed by atoms with Crippen molar-refractivity contribution < 1.29 is 42.7 Å². The minimum Gasteiger partial charge on any atom is -0.497 e. The molecular formula is C44H56O9. The highest BCUT2D eigenvalue weighted by atomic mass is 16.5. The Balaban J connectivity index is 0.000000487. The molecule has 0 saturated carbocycles. The van der Waals surface area contributed by atoms with Gasteiger partial charge >= 0.3 is 11.9 Å². The number of hydrogen-bond donors (Lipinski definition) is 0. The molecule has 2 unspecified atom stereocenters. The molecule has 53 heavy (non-hydrogen) atoms. The molecule has 0 aliphatic rings. The lowest BCUT2D eigenvalue weighted by molar-refractivity contribution is 0.0725. The van der Waals surface area contributed by atoms with Gasteiger partial charge in [0.1, 0.15) is 41.1 Å². The molecule has 286 valence electrons. The van der Waals surface area contributed by atoms with Crippen molar-refractivity contribution in [2.24, 2.45) is 11.8 Å². The molecule has 4 rings (SSSR count). The summed E-state index contributed by atoms with van der Waals surface area (Å²) in [6.07, 6.45) is 2.15. The molecular weight excluding hydrogens is 672 g/mol. The molecule has 0 heterocycles. The normalized spacial score (nSPS) is 10.9. The van der Waals surface area contributed by atoms with Gasteiger partial charge in [0.2, 0.25) is 0 Å². The Morgan fingerprint density at radius 1 is 0.491 bits per heavy atom. The summed E-state index contributed by atoms with van der Waals surface area (Å²) in [5.74, 6) is 4.06. The van der Waals surface area contributed by atoms with Gasteiger partial charge in [-0.25, -0.2) is 9.59 Å². The Kier molecular flexibility index (Phi) is 23.3. The maximum absolute atomic E-state index is 12.2. The van der Waals surface area contributed by atoms with Gasteiger partial charge in [-0.05, 0) is 109 Å². The van der Waals surface area contributed by atoms with Crippen LogP contribution in [0.5, 0.6) is 34.5 Å². The standard InChI is InChI=1S/C21H26O5.C19H22O4.2C2H4/c1-4-16(2)15-25-19-7-5-17(6-8-19)21(22)26-20-11-9-18(10-12-20)24-14-13-23-3;1-4-14(2)13-22-17-7-5-15(6-8-17)19(20)23-18-11-9-16(21-3)10-12-18;2*1-2/h5-12,16H,4,13-15H2,1-3H3;5-12,14H,4,13H2,1-3H3;2*1-2H2. The predicted molar refractivity (Wildman–Crippen MR) is 212 cm³/mol. The van der Waals surface area contributed by atoms with Crippen LogP contribution >= 0.6 is 0 Å². The number of methoxy groups -OCH3 is 2. The van der Waals surface area contributed by atoms with Crippen molar-refractivity contribution in [1.82, 2.24) is 0 Å². The number of esters is 2. The highest BCUT2D eigenvalue weighted by Gasteiger charge is 2.11. The van der Waals surface area contributed by atoms with Crippen LogP contribution in [0.3, 0.4) is 0 Å². The van der Waals surface area contributed by atoms with Crippen molar-refractivity contribution in [2.75, 3.05) is 40.6 Å². The SMILES string of the molecule is C=C.C=C.CCC(C)COc1ccc(C(=O)Oc2ccc(OC)cc2)cc1.CCC(C)COc1ccc(C(=O)Oc2ccc(OCCOC)cc2)cc1. The molecule has 0 radical (unpaired) electrons.